The zero-order valence-electron chi connectivity index (χ0n) is 17.0. The average molecular weight is 403 g/mol. The van der Waals surface area contributed by atoms with Crippen molar-refractivity contribution in [2.75, 3.05) is 32.7 Å². The molecule has 1 aliphatic rings. The van der Waals surface area contributed by atoms with Gasteiger partial charge < -0.3 is 4.90 Å². The predicted octanol–water partition coefficient (Wildman–Crippen LogP) is 2.21. The number of rotatable bonds is 5. The highest BCUT2D eigenvalue weighted by Crippen LogP contribution is 2.12. The second kappa shape index (κ2) is 9.00. The fourth-order valence-corrected chi connectivity index (χ4v) is 3.68. The Labute approximate surface area is 175 Å². The molecular formula is C23H25N5O2. The summed E-state index contributed by atoms with van der Waals surface area (Å²) in [5, 5.41) is 8.56. The molecule has 7 heteroatoms. The lowest BCUT2D eigenvalue weighted by Gasteiger charge is -2.35. The topological polar surface area (TPSA) is 71.3 Å². The summed E-state index contributed by atoms with van der Waals surface area (Å²) in [6.45, 7) is 5.44. The van der Waals surface area contributed by atoms with E-state index in [-0.39, 0.29) is 11.5 Å². The molecular weight excluding hydrogens is 378 g/mol. The van der Waals surface area contributed by atoms with Gasteiger partial charge in [0.2, 0.25) is 5.91 Å². The Hall–Kier alpha value is -3.32. The molecule has 2 heterocycles. The molecule has 1 fully saturated rings. The molecule has 0 saturated carbocycles. The van der Waals surface area contributed by atoms with Crippen molar-refractivity contribution in [3.8, 4) is 0 Å². The molecule has 3 aromatic rings. The number of hydrogen-bond acceptors (Lipinski definition) is 5. The Morgan fingerprint density at radius 3 is 2.50 bits per heavy atom. The van der Waals surface area contributed by atoms with Crippen molar-refractivity contribution in [1.29, 1.82) is 0 Å². The fraction of sp³-hybridized carbons (Fsp3) is 0.304. The molecule has 0 unspecified atom stereocenters. The first-order valence-electron chi connectivity index (χ1n) is 10.2. The third-order valence-electron chi connectivity index (χ3n) is 5.47. The van der Waals surface area contributed by atoms with Gasteiger partial charge in [-0.25, -0.2) is 0 Å². The van der Waals surface area contributed by atoms with Crippen LogP contribution in [-0.2, 0) is 4.79 Å². The van der Waals surface area contributed by atoms with Gasteiger partial charge in [-0.1, -0.05) is 59.8 Å². The summed E-state index contributed by atoms with van der Waals surface area (Å²) in [5.74, 6) is -0.0961. The van der Waals surface area contributed by atoms with E-state index in [1.54, 1.807) is 25.1 Å². The van der Waals surface area contributed by atoms with Crippen LogP contribution in [0, 0.1) is 0 Å². The number of nitrogens with zero attached hydrogens (tertiary/aromatic N) is 5. The molecule has 154 valence electrons. The van der Waals surface area contributed by atoms with E-state index in [0.29, 0.717) is 24.0 Å². The molecule has 2 aromatic carbocycles. The van der Waals surface area contributed by atoms with Crippen molar-refractivity contribution in [2.24, 2.45) is 0 Å². The zero-order valence-corrected chi connectivity index (χ0v) is 17.0. The number of piperazine rings is 1. The van der Waals surface area contributed by atoms with Crippen LogP contribution in [0.3, 0.4) is 0 Å². The maximum absolute atomic E-state index is 13.0. The number of fused-ring (bicyclic) bond motifs is 1. The van der Waals surface area contributed by atoms with Crippen molar-refractivity contribution in [1.82, 2.24) is 24.8 Å². The monoisotopic (exact) mass is 403 g/mol. The van der Waals surface area contributed by atoms with Crippen molar-refractivity contribution >= 4 is 22.9 Å². The summed E-state index contributed by atoms with van der Waals surface area (Å²) in [6, 6.07) is 16.6. The summed E-state index contributed by atoms with van der Waals surface area (Å²) in [4.78, 5) is 29.8. The molecule has 30 heavy (non-hydrogen) atoms. The van der Waals surface area contributed by atoms with Gasteiger partial charge in [0.25, 0.3) is 5.56 Å². The van der Waals surface area contributed by atoms with Gasteiger partial charge in [0.1, 0.15) is 11.6 Å². The lowest BCUT2D eigenvalue weighted by atomic mass is 10.2. The Kier molecular flexibility index (Phi) is 5.99. The van der Waals surface area contributed by atoms with E-state index in [0.717, 1.165) is 19.6 Å². The number of carbonyl (C=O) groups is 1. The van der Waals surface area contributed by atoms with E-state index in [1.165, 1.54) is 10.2 Å². The Morgan fingerprint density at radius 1 is 1.03 bits per heavy atom. The van der Waals surface area contributed by atoms with Gasteiger partial charge in [-0.05, 0) is 24.6 Å². The van der Waals surface area contributed by atoms with Gasteiger partial charge in [-0.2, -0.15) is 4.68 Å². The Bertz CT molecular complexity index is 1100. The first-order valence-corrected chi connectivity index (χ1v) is 10.2. The molecule has 0 bridgehead atoms. The van der Waals surface area contributed by atoms with Crippen LogP contribution in [-0.4, -0.2) is 63.4 Å². The highest BCUT2D eigenvalue weighted by atomic mass is 16.2. The van der Waals surface area contributed by atoms with E-state index in [9.17, 15) is 9.59 Å². The van der Waals surface area contributed by atoms with Crippen LogP contribution >= 0.6 is 0 Å². The van der Waals surface area contributed by atoms with Crippen LogP contribution in [0.1, 0.15) is 18.5 Å². The van der Waals surface area contributed by atoms with Gasteiger partial charge in [-0.3, -0.25) is 14.5 Å². The lowest BCUT2D eigenvalue weighted by molar-refractivity contribution is -0.136. The summed E-state index contributed by atoms with van der Waals surface area (Å²) in [7, 11) is 0. The normalized spacial score (nSPS) is 16.2. The van der Waals surface area contributed by atoms with Gasteiger partial charge in [0.15, 0.2) is 0 Å². The molecule has 1 amide bonds. The smallest absolute Gasteiger partial charge is 0.278 e. The maximum Gasteiger partial charge on any atom is 0.278 e. The second-order valence-corrected chi connectivity index (χ2v) is 7.47. The van der Waals surface area contributed by atoms with Crippen LogP contribution in [0.4, 0.5) is 0 Å². The summed E-state index contributed by atoms with van der Waals surface area (Å²) in [6.07, 6.45) is 4.27. The number of carbonyl (C=O) groups excluding carboxylic acids is 1. The number of aromatic nitrogens is 3. The molecule has 1 aliphatic heterocycles. The predicted molar refractivity (Wildman–Crippen MR) is 117 cm³/mol. The minimum atomic E-state index is -0.681. The highest BCUT2D eigenvalue weighted by molar-refractivity contribution is 5.81. The van der Waals surface area contributed by atoms with Crippen LogP contribution < -0.4 is 5.56 Å². The van der Waals surface area contributed by atoms with Crippen LogP contribution in [0.5, 0.6) is 0 Å². The van der Waals surface area contributed by atoms with Gasteiger partial charge in [0.05, 0.1) is 5.39 Å². The zero-order chi connectivity index (χ0) is 20.9. The Morgan fingerprint density at radius 2 is 1.73 bits per heavy atom. The maximum atomic E-state index is 13.0. The SMILES string of the molecule is C[C@@H](C(=O)N1CCN(CC=Cc2ccccc2)CC1)n1nnc2ccccc2c1=O. The van der Waals surface area contributed by atoms with E-state index in [2.05, 4.69) is 39.5 Å². The first-order chi connectivity index (χ1) is 14.6. The number of hydrogen-bond donors (Lipinski definition) is 0. The van der Waals surface area contributed by atoms with Crippen molar-refractivity contribution in [3.05, 3.63) is 76.6 Å². The van der Waals surface area contributed by atoms with Crippen molar-refractivity contribution in [3.63, 3.8) is 0 Å². The first kappa shape index (κ1) is 20.0. The van der Waals surface area contributed by atoms with Crippen molar-refractivity contribution in [2.45, 2.75) is 13.0 Å². The molecule has 7 nitrogen and oxygen atoms in total. The molecule has 1 saturated heterocycles. The van der Waals surface area contributed by atoms with Crippen LogP contribution in [0.25, 0.3) is 17.0 Å². The quantitative estimate of drug-likeness (QED) is 0.653. The van der Waals surface area contributed by atoms with Gasteiger partial charge in [0, 0.05) is 32.7 Å². The summed E-state index contributed by atoms with van der Waals surface area (Å²) < 4.78 is 1.19. The van der Waals surface area contributed by atoms with E-state index in [1.807, 2.05) is 29.2 Å². The second-order valence-electron chi connectivity index (χ2n) is 7.47. The summed E-state index contributed by atoms with van der Waals surface area (Å²) in [5.41, 5.74) is 1.43. The average Bonchev–Trinajstić information content (AvgIpc) is 2.80. The molecule has 1 atom stereocenters. The molecule has 1 aromatic heterocycles. The molecule has 0 spiro atoms. The minimum Gasteiger partial charge on any atom is -0.338 e. The van der Waals surface area contributed by atoms with E-state index in [4.69, 9.17) is 0 Å². The number of amides is 1. The van der Waals surface area contributed by atoms with E-state index >= 15 is 0 Å². The third kappa shape index (κ3) is 4.31. The highest BCUT2D eigenvalue weighted by Gasteiger charge is 2.27. The summed E-state index contributed by atoms with van der Waals surface area (Å²) >= 11 is 0. The van der Waals surface area contributed by atoms with Gasteiger partial charge in [-0.15, -0.1) is 5.10 Å². The third-order valence-corrected chi connectivity index (χ3v) is 5.47. The molecule has 0 aliphatic carbocycles. The van der Waals surface area contributed by atoms with Gasteiger partial charge >= 0.3 is 0 Å². The van der Waals surface area contributed by atoms with Crippen molar-refractivity contribution < 1.29 is 4.79 Å². The number of benzene rings is 2. The minimum absolute atomic E-state index is 0.0961. The van der Waals surface area contributed by atoms with E-state index < -0.39 is 6.04 Å². The molecule has 4 rings (SSSR count). The fourth-order valence-electron chi connectivity index (χ4n) is 3.68. The van der Waals surface area contributed by atoms with Crippen LogP contribution in [0.2, 0.25) is 0 Å². The lowest BCUT2D eigenvalue weighted by Crippen LogP contribution is -2.51. The standard InChI is InChI=1S/C23H25N5O2/c1-18(28-23(30)20-11-5-6-12-21(20)24-25-28)22(29)27-16-14-26(15-17-27)13-7-10-19-8-3-2-4-9-19/h2-12,18H,13-17H2,1H3/t18-/m0/s1. The van der Waals surface area contributed by atoms with Crippen LogP contribution in [0.15, 0.2) is 65.5 Å². The largest absolute Gasteiger partial charge is 0.338 e. The molecule has 0 radical (unpaired) electrons. The molecule has 0 N–H and O–H groups in total. The Balaban J connectivity index is 1.35.